The topological polar surface area (TPSA) is 160 Å². The molecule has 0 unspecified atom stereocenters. The van der Waals surface area contributed by atoms with Gasteiger partial charge in [0, 0.05) is 65.2 Å². The van der Waals surface area contributed by atoms with Gasteiger partial charge in [0.25, 0.3) is 0 Å². The van der Waals surface area contributed by atoms with E-state index >= 15 is 0 Å². The Balaban J connectivity index is 0.884. The number of rotatable bonds is 7. The molecule has 4 aromatic carbocycles. The van der Waals surface area contributed by atoms with E-state index in [0.29, 0.717) is 63.6 Å². The van der Waals surface area contributed by atoms with E-state index in [4.69, 9.17) is 21.6 Å². The number of aromatic carboxylic acids is 1. The molecular weight excluding hydrogens is 822 g/mol. The van der Waals surface area contributed by atoms with Crippen LogP contribution in [0.4, 0.5) is 40.8 Å². The van der Waals surface area contributed by atoms with E-state index in [9.17, 15) is 37.8 Å². The number of nitrogens with zero attached hydrogens (tertiary/aromatic N) is 3. The zero-order valence-electron chi connectivity index (χ0n) is 32.5. The fourth-order valence-corrected chi connectivity index (χ4v) is 8.30. The van der Waals surface area contributed by atoms with Crippen molar-refractivity contribution in [3.05, 3.63) is 142 Å². The van der Waals surface area contributed by atoms with Crippen LogP contribution >= 0.6 is 12.2 Å². The van der Waals surface area contributed by atoms with E-state index in [1.807, 2.05) is 18.2 Å². The van der Waals surface area contributed by atoms with Crippen molar-refractivity contribution in [3.63, 3.8) is 0 Å². The number of halogens is 3. The number of hydrogen-bond acceptors (Lipinski definition) is 8. The lowest BCUT2D eigenvalue weighted by Gasteiger charge is -2.45. The summed E-state index contributed by atoms with van der Waals surface area (Å²) in [6, 6.07) is 28.6. The third-order valence-corrected chi connectivity index (χ3v) is 11.2. The lowest BCUT2D eigenvalue weighted by molar-refractivity contribution is -0.137. The summed E-state index contributed by atoms with van der Waals surface area (Å²) in [6.45, 7) is 1.69. The number of aromatic hydroxyl groups is 1. The fraction of sp³-hybridized carbons (Fsp3) is 0.152. The molecule has 0 spiro atoms. The van der Waals surface area contributed by atoms with Crippen LogP contribution in [-0.4, -0.2) is 51.4 Å². The van der Waals surface area contributed by atoms with Gasteiger partial charge in [0.05, 0.1) is 28.6 Å². The molecule has 1 aliphatic carbocycles. The molecular formula is C46H35F3N6O6S. The second-order valence-corrected chi connectivity index (χ2v) is 15.5. The maximum absolute atomic E-state index is 14.0. The highest BCUT2D eigenvalue weighted by molar-refractivity contribution is 7.80. The SMILES string of the molecule is O=C(O)c1cc(NC(=S)NCc2ccc(NC(=O)N3c4nc(-c5cccc(C(F)(F)F)c5)ccc4N4CCC[C@@H]3C4)cc2)ccc1-c1c2ccc(=O)cc-2oc2cc(O)ccc12. The molecule has 1 atom stereocenters. The minimum Gasteiger partial charge on any atom is -0.508 e. The van der Waals surface area contributed by atoms with Crippen molar-refractivity contribution in [1.29, 1.82) is 0 Å². The number of nitrogens with one attached hydrogen (secondary N) is 3. The van der Waals surface area contributed by atoms with Gasteiger partial charge in [-0.05, 0) is 109 Å². The molecule has 1 aromatic heterocycles. The van der Waals surface area contributed by atoms with Crippen LogP contribution in [-0.2, 0) is 12.7 Å². The van der Waals surface area contributed by atoms with Gasteiger partial charge in [-0.15, -0.1) is 0 Å². The van der Waals surface area contributed by atoms with Crippen LogP contribution in [0.15, 0.2) is 124 Å². The van der Waals surface area contributed by atoms with Gasteiger partial charge in [-0.1, -0.05) is 30.3 Å². The average Bonchev–Trinajstić information content (AvgIpc) is 3.25. The molecule has 3 aliphatic heterocycles. The molecule has 9 rings (SSSR count). The predicted molar refractivity (Wildman–Crippen MR) is 234 cm³/mol. The number of carboxylic acids is 1. The Morgan fingerprint density at radius 3 is 2.47 bits per heavy atom. The number of piperidine rings is 1. The van der Waals surface area contributed by atoms with Gasteiger partial charge in [0.15, 0.2) is 16.4 Å². The highest BCUT2D eigenvalue weighted by Gasteiger charge is 2.39. The number of amides is 2. The highest BCUT2D eigenvalue weighted by Crippen LogP contribution is 2.43. The third kappa shape index (κ3) is 7.83. The third-order valence-electron chi connectivity index (χ3n) is 11.0. The Morgan fingerprint density at radius 1 is 0.887 bits per heavy atom. The van der Waals surface area contributed by atoms with Crippen molar-refractivity contribution in [2.24, 2.45) is 0 Å². The molecule has 0 radical (unpaired) electrons. The standard InChI is InChI=1S/C46H35F3N6O6S/c47-46(48,49)27-4-1-3-26(19-27)37-16-17-38-42(53-37)55(30-5-2-18-54(38)24-30)45(60)52-28-8-6-25(7-9-28)23-50-44(62)51-29-10-13-33(36(20-29)43(58)59)41-34-14-11-31(56)21-39(34)61-40-22-32(57)12-15-35(40)41/h1,3-4,6-17,19-22,30,56H,2,5,18,23-24H2,(H,52,60)(H,58,59)(H2,50,51,62)/t30-/m1/s1. The number of aromatic nitrogens is 1. The molecule has 12 nitrogen and oxygen atoms in total. The minimum atomic E-state index is -4.51. The number of carbonyl (C=O) groups is 2. The molecule has 0 saturated carbocycles. The van der Waals surface area contributed by atoms with Crippen LogP contribution in [0.3, 0.4) is 0 Å². The lowest BCUT2D eigenvalue weighted by atomic mass is 9.90. The number of carbonyl (C=O) groups excluding carboxylic acids is 1. The highest BCUT2D eigenvalue weighted by atomic mass is 32.1. The molecule has 2 bridgehead atoms. The predicted octanol–water partition coefficient (Wildman–Crippen LogP) is 9.56. The maximum atomic E-state index is 14.0. The number of urea groups is 1. The number of carboxylic acid groups (broad SMARTS) is 1. The quantitative estimate of drug-likeness (QED) is 0.0768. The van der Waals surface area contributed by atoms with Gasteiger partial charge >= 0.3 is 18.2 Å². The Bertz CT molecular complexity index is 2960. The summed E-state index contributed by atoms with van der Waals surface area (Å²) in [5.74, 6) is -0.623. The van der Waals surface area contributed by atoms with E-state index in [1.165, 1.54) is 36.4 Å². The van der Waals surface area contributed by atoms with Crippen molar-refractivity contribution in [1.82, 2.24) is 10.3 Å². The van der Waals surface area contributed by atoms with Gasteiger partial charge in [0.1, 0.15) is 17.1 Å². The zero-order valence-corrected chi connectivity index (χ0v) is 33.3. The Labute approximate surface area is 356 Å². The number of benzene rings is 5. The van der Waals surface area contributed by atoms with E-state index in [-0.39, 0.29) is 39.2 Å². The van der Waals surface area contributed by atoms with Crippen LogP contribution in [0.5, 0.6) is 5.75 Å². The molecule has 16 heteroatoms. The van der Waals surface area contributed by atoms with Crippen molar-refractivity contribution in [2.45, 2.75) is 31.6 Å². The summed E-state index contributed by atoms with van der Waals surface area (Å²) < 4.78 is 46.5. The second-order valence-electron chi connectivity index (χ2n) is 15.0. The Kier molecular flexibility index (Phi) is 10.2. The number of anilines is 4. The van der Waals surface area contributed by atoms with E-state index in [2.05, 4.69) is 20.9 Å². The molecule has 1 fully saturated rings. The van der Waals surface area contributed by atoms with E-state index in [0.717, 1.165) is 42.8 Å². The molecule has 312 valence electrons. The average molecular weight is 857 g/mol. The monoisotopic (exact) mass is 856 g/mol. The number of phenols is 1. The molecule has 62 heavy (non-hydrogen) atoms. The van der Waals surface area contributed by atoms with Crippen molar-refractivity contribution in [2.75, 3.05) is 33.5 Å². The number of alkyl halides is 3. The van der Waals surface area contributed by atoms with Crippen LogP contribution in [0, 0.1) is 0 Å². The summed E-state index contributed by atoms with van der Waals surface area (Å²) >= 11 is 5.55. The Hall–Kier alpha value is -7.46. The first-order valence-corrected chi connectivity index (χ1v) is 19.9. The van der Waals surface area contributed by atoms with E-state index < -0.39 is 23.7 Å². The molecule has 2 amide bonds. The van der Waals surface area contributed by atoms with Crippen LogP contribution in [0.1, 0.15) is 34.3 Å². The summed E-state index contributed by atoms with van der Waals surface area (Å²) in [5.41, 5.74) is 3.69. The maximum Gasteiger partial charge on any atom is 0.416 e. The second kappa shape index (κ2) is 15.9. The van der Waals surface area contributed by atoms with Crippen molar-refractivity contribution in [3.8, 4) is 39.5 Å². The summed E-state index contributed by atoms with van der Waals surface area (Å²) in [7, 11) is 0. The van der Waals surface area contributed by atoms with Gasteiger partial charge < -0.3 is 35.5 Å². The summed E-state index contributed by atoms with van der Waals surface area (Å²) in [4.78, 5) is 47.3. The van der Waals surface area contributed by atoms with Gasteiger partial charge in [0.2, 0.25) is 0 Å². The lowest BCUT2D eigenvalue weighted by Crippen LogP contribution is -2.56. The largest absolute Gasteiger partial charge is 0.508 e. The van der Waals surface area contributed by atoms with Gasteiger partial charge in [-0.3, -0.25) is 9.69 Å². The van der Waals surface area contributed by atoms with Crippen molar-refractivity contribution < 1.29 is 37.4 Å². The minimum absolute atomic E-state index is 0.0377. The smallest absolute Gasteiger partial charge is 0.416 e. The van der Waals surface area contributed by atoms with Crippen LogP contribution in [0.25, 0.3) is 44.7 Å². The molecule has 4 heterocycles. The first-order valence-electron chi connectivity index (χ1n) is 19.5. The van der Waals surface area contributed by atoms with E-state index in [1.54, 1.807) is 53.4 Å². The number of thiocarbonyl (C=S) groups is 1. The fourth-order valence-electron chi connectivity index (χ4n) is 8.11. The number of phenolic OH excluding ortho intramolecular Hbond substituents is 1. The number of fused-ring (bicyclic) bond motifs is 6. The summed E-state index contributed by atoms with van der Waals surface area (Å²) in [5, 5.41) is 30.3. The zero-order chi connectivity index (χ0) is 43.3. The molecule has 1 saturated heterocycles. The Morgan fingerprint density at radius 2 is 1.68 bits per heavy atom. The first kappa shape index (κ1) is 40.0. The molecule has 5 N–H and O–H groups in total. The van der Waals surface area contributed by atoms with Gasteiger partial charge in [-0.25, -0.2) is 14.6 Å². The van der Waals surface area contributed by atoms with Crippen LogP contribution in [0.2, 0.25) is 0 Å². The summed E-state index contributed by atoms with van der Waals surface area (Å²) in [6.07, 6.45) is -2.90. The normalized spacial score (nSPS) is 14.7. The van der Waals surface area contributed by atoms with Crippen molar-refractivity contribution >= 4 is 63.2 Å². The van der Waals surface area contributed by atoms with Gasteiger partial charge in [-0.2, -0.15) is 13.2 Å². The molecule has 4 aliphatic rings. The number of hydrogen-bond donors (Lipinski definition) is 5. The molecule has 5 aromatic rings. The first-order chi connectivity index (χ1) is 29.8. The van der Waals surface area contributed by atoms with Crippen LogP contribution < -0.4 is 31.2 Å². The number of pyridine rings is 1.